The second-order valence-corrected chi connectivity index (χ2v) is 6.85. The van der Waals surface area contributed by atoms with Gasteiger partial charge in [-0.2, -0.15) is 0 Å². The predicted molar refractivity (Wildman–Crippen MR) is 76.7 cm³/mol. The summed E-state index contributed by atoms with van der Waals surface area (Å²) in [6, 6.07) is 5.14. The van der Waals surface area contributed by atoms with Crippen molar-refractivity contribution < 1.29 is 17.5 Å². The second-order valence-electron chi connectivity index (χ2n) is 4.31. The zero-order valence-corrected chi connectivity index (χ0v) is 12.5. The van der Waals surface area contributed by atoms with Gasteiger partial charge in [-0.3, -0.25) is 0 Å². The fourth-order valence-corrected chi connectivity index (χ4v) is 3.13. The first-order chi connectivity index (χ1) is 9.49. The van der Waals surface area contributed by atoms with Gasteiger partial charge in [0.1, 0.15) is 17.3 Å². The van der Waals surface area contributed by atoms with Crippen molar-refractivity contribution in [2.45, 2.75) is 24.8 Å². The molecule has 1 aromatic heterocycles. The summed E-state index contributed by atoms with van der Waals surface area (Å²) in [6.45, 7) is 1.90. The number of aryl methyl sites for hydroxylation is 1. The quantitative estimate of drug-likeness (QED) is 0.767. The van der Waals surface area contributed by atoms with E-state index in [1.54, 1.807) is 18.2 Å². The minimum atomic E-state index is -3.93. The molecule has 0 saturated carbocycles. The monoisotopic (exact) mass is 319 g/mol. The van der Waals surface area contributed by atoms with Crippen LogP contribution in [0.25, 0.3) is 10.9 Å². The Kier molecular flexibility index (Phi) is 4.55. The van der Waals surface area contributed by atoms with E-state index in [-0.39, 0.29) is 11.4 Å². The minimum absolute atomic E-state index is 0.0469. The SMILES string of the molecule is CCCOc1cccc2c1c(S(=O)(=O)Cl)cn2CCF. The fraction of sp³-hybridized carbons (Fsp3) is 0.385. The van der Waals surface area contributed by atoms with E-state index in [1.165, 1.54) is 10.8 Å². The number of nitrogens with zero attached hydrogens (tertiary/aromatic N) is 1. The maximum atomic E-state index is 12.6. The molecule has 0 amide bonds. The molecule has 1 heterocycles. The van der Waals surface area contributed by atoms with Gasteiger partial charge in [-0.15, -0.1) is 0 Å². The molecule has 1 aromatic carbocycles. The lowest BCUT2D eigenvalue weighted by atomic mass is 10.2. The molecule has 0 unspecified atom stereocenters. The van der Waals surface area contributed by atoms with Crippen LogP contribution in [0.2, 0.25) is 0 Å². The highest BCUT2D eigenvalue weighted by atomic mass is 35.7. The molecule has 0 fully saturated rings. The zero-order valence-electron chi connectivity index (χ0n) is 11.0. The van der Waals surface area contributed by atoms with Gasteiger partial charge in [0.2, 0.25) is 0 Å². The molecule has 0 N–H and O–H groups in total. The zero-order chi connectivity index (χ0) is 14.8. The first-order valence-corrected chi connectivity index (χ1v) is 8.55. The first-order valence-electron chi connectivity index (χ1n) is 6.24. The Hall–Kier alpha value is -1.27. The molecule has 0 radical (unpaired) electrons. The average molecular weight is 320 g/mol. The first kappa shape index (κ1) is 15.1. The molecule has 0 saturated heterocycles. The summed E-state index contributed by atoms with van der Waals surface area (Å²) in [7, 11) is 1.54. The van der Waals surface area contributed by atoms with Gasteiger partial charge in [0.15, 0.2) is 0 Å². The summed E-state index contributed by atoms with van der Waals surface area (Å²) in [5.41, 5.74) is 0.593. The normalized spacial score (nSPS) is 11.9. The lowest BCUT2D eigenvalue weighted by molar-refractivity contribution is 0.321. The highest BCUT2D eigenvalue weighted by Crippen LogP contribution is 2.35. The van der Waals surface area contributed by atoms with Crippen molar-refractivity contribution in [2.24, 2.45) is 0 Å². The Morgan fingerprint density at radius 2 is 2.15 bits per heavy atom. The summed E-state index contributed by atoms with van der Waals surface area (Å²) in [4.78, 5) is -0.0469. The van der Waals surface area contributed by atoms with Crippen molar-refractivity contribution in [1.29, 1.82) is 0 Å². The van der Waals surface area contributed by atoms with Crippen molar-refractivity contribution >= 4 is 30.6 Å². The van der Waals surface area contributed by atoms with Gasteiger partial charge in [-0.25, -0.2) is 12.8 Å². The number of aromatic nitrogens is 1. The maximum Gasteiger partial charge on any atom is 0.263 e. The van der Waals surface area contributed by atoms with E-state index in [9.17, 15) is 12.8 Å². The maximum absolute atomic E-state index is 12.6. The molecule has 0 aliphatic heterocycles. The number of fused-ring (bicyclic) bond motifs is 1. The van der Waals surface area contributed by atoms with E-state index >= 15 is 0 Å². The van der Waals surface area contributed by atoms with E-state index in [2.05, 4.69) is 0 Å². The highest BCUT2D eigenvalue weighted by molar-refractivity contribution is 8.14. The van der Waals surface area contributed by atoms with E-state index in [1.807, 2.05) is 6.92 Å². The molecule has 7 heteroatoms. The minimum Gasteiger partial charge on any atom is -0.493 e. The molecule has 0 bridgehead atoms. The molecule has 4 nitrogen and oxygen atoms in total. The van der Waals surface area contributed by atoms with Crippen LogP contribution in [0.4, 0.5) is 4.39 Å². The highest BCUT2D eigenvalue weighted by Gasteiger charge is 2.21. The van der Waals surface area contributed by atoms with Crippen LogP contribution in [0.3, 0.4) is 0 Å². The third-order valence-corrected chi connectivity index (χ3v) is 4.22. The lowest BCUT2D eigenvalue weighted by Gasteiger charge is -2.07. The van der Waals surface area contributed by atoms with Gasteiger partial charge in [0.25, 0.3) is 9.05 Å². The molecule has 2 rings (SSSR count). The number of halogens is 2. The molecule has 0 atom stereocenters. The fourth-order valence-electron chi connectivity index (χ4n) is 2.08. The largest absolute Gasteiger partial charge is 0.493 e. The summed E-state index contributed by atoms with van der Waals surface area (Å²) in [6.07, 6.45) is 2.15. The third kappa shape index (κ3) is 2.91. The lowest BCUT2D eigenvalue weighted by Crippen LogP contribution is -1.98. The summed E-state index contributed by atoms with van der Waals surface area (Å²) >= 11 is 0. The van der Waals surface area contributed by atoms with Crippen LogP contribution >= 0.6 is 10.7 Å². The van der Waals surface area contributed by atoms with E-state index in [4.69, 9.17) is 15.4 Å². The Balaban J connectivity index is 2.70. The smallest absolute Gasteiger partial charge is 0.263 e. The van der Waals surface area contributed by atoms with Crippen LogP contribution in [0.1, 0.15) is 13.3 Å². The second kappa shape index (κ2) is 6.01. The molecule has 0 aliphatic rings. The topological polar surface area (TPSA) is 48.3 Å². The number of alkyl halides is 1. The van der Waals surface area contributed by atoms with Gasteiger partial charge in [0, 0.05) is 16.9 Å². The van der Waals surface area contributed by atoms with E-state index in [0.29, 0.717) is 23.3 Å². The van der Waals surface area contributed by atoms with Gasteiger partial charge < -0.3 is 9.30 Å². The molecule has 0 aliphatic carbocycles. The number of hydrogen-bond acceptors (Lipinski definition) is 3. The van der Waals surface area contributed by atoms with Crippen LogP contribution < -0.4 is 4.74 Å². The molecular weight excluding hydrogens is 305 g/mol. The molecule has 2 aromatic rings. The van der Waals surface area contributed by atoms with Gasteiger partial charge in [-0.1, -0.05) is 13.0 Å². The molecule has 0 spiro atoms. The van der Waals surface area contributed by atoms with Crippen LogP contribution in [0, 0.1) is 0 Å². The summed E-state index contributed by atoms with van der Waals surface area (Å²) < 4.78 is 43.1. The van der Waals surface area contributed by atoms with Crippen molar-refractivity contribution in [3.63, 3.8) is 0 Å². The van der Waals surface area contributed by atoms with Crippen molar-refractivity contribution in [2.75, 3.05) is 13.3 Å². The van der Waals surface area contributed by atoms with Crippen LogP contribution in [-0.4, -0.2) is 26.3 Å². The molecular formula is C13H15ClFNO3S. The van der Waals surface area contributed by atoms with Crippen molar-refractivity contribution in [1.82, 2.24) is 4.57 Å². The number of hydrogen-bond donors (Lipinski definition) is 0. The van der Waals surface area contributed by atoms with Crippen LogP contribution in [0.5, 0.6) is 5.75 Å². The van der Waals surface area contributed by atoms with Gasteiger partial charge in [-0.05, 0) is 18.6 Å². The third-order valence-electron chi connectivity index (χ3n) is 2.88. The van der Waals surface area contributed by atoms with Crippen LogP contribution in [0.15, 0.2) is 29.3 Å². The average Bonchev–Trinajstić information content (AvgIpc) is 2.76. The van der Waals surface area contributed by atoms with Gasteiger partial charge >= 0.3 is 0 Å². The van der Waals surface area contributed by atoms with Crippen LogP contribution in [-0.2, 0) is 15.6 Å². The Bertz CT molecular complexity index is 712. The standard InChI is InChI=1S/C13H15ClFNO3S/c1-2-8-19-11-5-3-4-10-13(11)12(20(14,17)18)9-16(10)7-6-15/h3-5,9H,2,6-8H2,1H3. The number of ether oxygens (including phenoxy) is 1. The number of benzene rings is 1. The summed E-state index contributed by atoms with van der Waals surface area (Å²) in [5, 5.41) is 0.407. The predicted octanol–water partition coefficient (Wildman–Crippen LogP) is 3.33. The van der Waals surface area contributed by atoms with Crippen molar-refractivity contribution in [3.05, 3.63) is 24.4 Å². The molecule has 20 heavy (non-hydrogen) atoms. The van der Waals surface area contributed by atoms with E-state index < -0.39 is 15.7 Å². The van der Waals surface area contributed by atoms with Gasteiger partial charge in [0.05, 0.1) is 24.1 Å². The Morgan fingerprint density at radius 3 is 2.75 bits per heavy atom. The summed E-state index contributed by atoms with van der Waals surface area (Å²) in [5.74, 6) is 0.446. The van der Waals surface area contributed by atoms with E-state index in [0.717, 1.165) is 6.42 Å². The number of rotatable bonds is 6. The molecule has 110 valence electrons. The Morgan fingerprint density at radius 1 is 1.40 bits per heavy atom. The van der Waals surface area contributed by atoms with Crippen molar-refractivity contribution in [3.8, 4) is 5.75 Å². The Labute approximate surface area is 121 Å².